The summed E-state index contributed by atoms with van der Waals surface area (Å²) in [6, 6.07) is 17.3. The molecule has 0 spiro atoms. The zero-order valence-electron chi connectivity index (χ0n) is 20.0. The van der Waals surface area contributed by atoms with E-state index in [0.29, 0.717) is 5.65 Å². The van der Waals surface area contributed by atoms with Gasteiger partial charge in [0, 0.05) is 60.5 Å². The van der Waals surface area contributed by atoms with E-state index in [-0.39, 0.29) is 4.90 Å². The molecule has 1 aliphatic rings. The molecule has 6 nitrogen and oxygen atoms in total. The van der Waals surface area contributed by atoms with Gasteiger partial charge in [0.2, 0.25) is 0 Å². The summed E-state index contributed by atoms with van der Waals surface area (Å²) >= 11 is 3.50. The van der Waals surface area contributed by atoms with Gasteiger partial charge >= 0.3 is 0 Å². The fourth-order valence-corrected chi connectivity index (χ4v) is 6.26. The molecule has 182 valence electrons. The van der Waals surface area contributed by atoms with Crippen molar-refractivity contribution in [2.24, 2.45) is 0 Å². The summed E-state index contributed by atoms with van der Waals surface area (Å²) in [5.41, 5.74) is 4.49. The van der Waals surface area contributed by atoms with E-state index in [1.165, 1.54) is 9.54 Å². The van der Waals surface area contributed by atoms with Gasteiger partial charge in [0.25, 0.3) is 10.0 Å². The van der Waals surface area contributed by atoms with E-state index in [4.69, 9.17) is 0 Å². The molecule has 2 aromatic carbocycles. The van der Waals surface area contributed by atoms with Crippen LogP contribution in [0.5, 0.6) is 0 Å². The Kier molecular flexibility index (Phi) is 6.81. The van der Waals surface area contributed by atoms with Crippen LogP contribution in [0, 0.1) is 6.92 Å². The van der Waals surface area contributed by atoms with Crippen LogP contribution in [0.15, 0.2) is 76.4 Å². The summed E-state index contributed by atoms with van der Waals surface area (Å²) in [7, 11) is -3.79. The molecule has 35 heavy (non-hydrogen) atoms. The maximum absolute atomic E-state index is 13.5. The van der Waals surface area contributed by atoms with Crippen LogP contribution in [0.2, 0.25) is 0 Å². The number of halogens is 1. The number of rotatable bonds is 6. The number of piperazine rings is 1. The largest absolute Gasteiger partial charge is 0.301 e. The molecule has 0 atom stereocenters. The maximum atomic E-state index is 13.5. The number of hydrogen-bond donors (Lipinski definition) is 0. The fourth-order valence-electron chi connectivity index (χ4n) is 4.60. The molecular weight excluding hydrogens is 524 g/mol. The van der Waals surface area contributed by atoms with Gasteiger partial charge in [-0.1, -0.05) is 48.9 Å². The number of likely N-dealkylation sites (N-methyl/N-ethyl adjacent to an activating group) is 1. The van der Waals surface area contributed by atoms with Crippen LogP contribution in [0.4, 0.5) is 0 Å². The molecule has 3 heterocycles. The van der Waals surface area contributed by atoms with Gasteiger partial charge in [0.05, 0.1) is 4.90 Å². The van der Waals surface area contributed by atoms with E-state index in [9.17, 15) is 8.42 Å². The van der Waals surface area contributed by atoms with Crippen LogP contribution in [0.25, 0.3) is 22.2 Å². The second kappa shape index (κ2) is 9.85. The van der Waals surface area contributed by atoms with Crippen molar-refractivity contribution >= 4 is 37.0 Å². The first-order valence-electron chi connectivity index (χ1n) is 11.9. The SMILES string of the molecule is CCN1CCN(Cc2ccc(-c3cn(S(=O)(=O)c4ccc(C)cc4)c4ncc(Br)cc34)cc2)CC1. The third-order valence-corrected chi connectivity index (χ3v) is 8.84. The third-order valence-electron chi connectivity index (χ3n) is 6.74. The summed E-state index contributed by atoms with van der Waals surface area (Å²) in [5.74, 6) is 0. The Hall–Kier alpha value is -2.52. The van der Waals surface area contributed by atoms with Crippen LogP contribution in [0.1, 0.15) is 18.1 Å². The Labute approximate surface area is 215 Å². The molecule has 1 fully saturated rings. The van der Waals surface area contributed by atoms with E-state index in [0.717, 1.165) is 65.8 Å². The number of pyridine rings is 1. The zero-order valence-corrected chi connectivity index (χ0v) is 22.4. The minimum absolute atomic E-state index is 0.245. The van der Waals surface area contributed by atoms with Gasteiger partial charge in [-0.05, 0) is 58.7 Å². The van der Waals surface area contributed by atoms with Crippen LogP contribution < -0.4 is 0 Å². The molecule has 4 aromatic rings. The van der Waals surface area contributed by atoms with Crippen molar-refractivity contribution in [3.05, 3.63) is 82.6 Å². The van der Waals surface area contributed by atoms with Crippen molar-refractivity contribution in [1.29, 1.82) is 0 Å². The molecule has 0 amide bonds. The first-order valence-corrected chi connectivity index (χ1v) is 14.1. The Bertz CT molecular complexity index is 1440. The molecule has 0 bridgehead atoms. The van der Waals surface area contributed by atoms with Gasteiger partial charge < -0.3 is 4.90 Å². The van der Waals surface area contributed by atoms with Gasteiger partial charge in [-0.2, -0.15) is 0 Å². The van der Waals surface area contributed by atoms with Crippen molar-refractivity contribution in [3.8, 4) is 11.1 Å². The summed E-state index contributed by atoms with van der Waals surface area (Å²) in [6.45, 7) is 10.6. The molecule has 8 heteroatoms. The molecule has 2 aromatic heterocycles. The highest BCUT2D eigenvalue weighted by atomic mass is 79.9. The number of hydrogen-bond acceptors (Lipinski definition) is 5. The smallest absolute Gasteiger partial charge is 0.269 e. The predicted octanol–water partition coefficient (Wildman–Crippen LogP) is 5.15. The summed E-state index contributed by atoms with van der Waals surface area (Å²) in [6.07, 6.45) is 3.33. The molecule has 0 N–H and O–H groups in total. The van der Waals surface area contributed by atoms with Crippen molar-refractivity contribution in [2.45, 2.75) is 25.3 Å². The van der Waals surface area contributed by atoms with Crippen LogP contribution >= 0.6 is 15.9 Å². The maximum Gasteiger partial charge on any atom is 0.269 e. The van der Waals surface area contributed by atoms with Crippen LogP contribution in [-0.4, -0.2) is 59.9 Å². The van der Waals surface area contributed by atoms with Crippen molar-refractivity contribution in [2.75, 3.05) is 32.7 Å². The number of benzene rings is 2. The Balaban J connectivity index is 1.48. The van der Waals surface area contributed by atoms with Crippen molar-refractivity contribution in [3.63, 3.8) is 0 Å². The first kappa shape index (κ1) is 24.2. The topological polar surface area (TPSA) is 58.4 Å². The van der Waals surface area contributed by atoms with E-state index in [1.807, 2.05) is 25.1 Å². The lowest BCUT2D eigenvalue weighted by Gasteiger charge is -2.34. The summed E-state index contributed by atoms with van der Waals surface area (Å²) < 4.78 is 29.1. The highest BCUT2D eigenvalue weighted by Crippen LogP contribution is 2.34. The lowest BCUT2D eigenvalue weighted by molar-refractivity contribution is 0.132. The Morgan fingerprint density at radius 2 is 1.60 bits per heavy atom. The van der Waals surface area contributed by atoms with E-state index in [2.05, 4.69) is 61.9 Å². The summed E-state index contributed by atoms with van der Waals surface area (Å²) in [4.78, 5) is 9.68. The number of nitrogens with zero attached hydrogens (tertiary/aromatic N) is 4. The van der Waals surface area contributed by atoms with Gasteiger partial charge in [0.15, 0.2) is 5.65 Å². The number of aryl methyl sites for hydroxylation is 1. The number of aromatic nitrogens is 2. The lowest BCUT2D eigenvalue weighted by atomic mass is 10.0. The van der Waals surface area contributed by atoms with Crippen LogP contribution in [0.3, 0.4) is 0 Å². The minimum Gasteiger partial charge on any atom is -0.301 e. The Morgan fingerprint density at radius 3 is 2.26 bits per heavy atom. The fraction of sp³-hybridized carbons (Fsp3) is 0.296. The molecule has 5 rings (SSSR count). The molecule has 0 aliphatic carbocycles. The second-order valence-electron chi connectivity index (χ2n) is 9.09. The molecule has 1 saturated heterocycles. The molecule has 0 radical (unpaired) electrons. The third kappa shape index (κ3) is 4.93. The van der Waals surface area contributed by atoms with Crippen LogP contribution in [-0.2, 0) is 16.6 Å². The first-order chi connectivity index (χ1) is 16.8. The van der Waals surface area contributed by atoms with Crippen molar-refractivity contribution in [1.82, 2.24) is 18.8 Å². The molecule has 1 aliphatic heterocycles. The van der Waals surface area contributed by atoms with Gasteiger partial charge in [0.1, 0.15) is 0 Å². The highest BCUT2D eigenvalue weighted by Gasteiger charge is 2.23. The molecular formula is C27H29BrN4O2S. The Morgan fingerprint density at radius 1 is 0.943 bits per heavy atom. The average Bonchev–Trinajstić information content (AvgIpc) is 3.25. The zero-order chi connectivity index (χ0) is 24.6. The molecule has 0 saturated carbocycles. The average molecular weight is 554 g/mol. The second-order valence-corrected chi connectivity index (χ2v) is 11.8. The van der Waals surface area contributed by atoms with Gasteiger partial charge in [-0.15, -0.1) is 0 Å². The van der Waals surface area contributed by atoms with Gasteiger partial charge in [-0.25, -0.2) is 17.4 Å². The number of fused-ring (bicyclic) bond motifs is 1. The monoisotopic (exact) mass is 552 g/mol. The van der Waals surface area contributed by atoms with E-state index < -0.39 is 10.0 Å². The highest BCUT2D eigenvalue weighted by molar-refractivity contribution is 9.10. The normalized spacial score (nSPS) is 15.6. The standard InChI is InChI=1S/C27H29BrN4O2S/c1-3-30-12-14-31(15-13-30)18-21-6-8-22(9-7-21)26-19-32(27-25(26)16-23(28)17-29-27)35(33,34)24-10-4-20(2)5-11-24/h4-11,16-17,19H,3,12-15,18H2,1-2H3. The van der Waals surface area contributed by atoms with E-state index in [1.54, 1.807) is 24.5 Å². The predicted molar refractivity (Wildman–Crippen MR) is 144 cm³/mol. The van der Waals surface area contributed by atoms with Gasteiger partial charge in [-0.3, -0.25) is 4.90 Å². The summed E-state index contributed by atoms with van der Waals surface area (Å²) in [5, 5.41) is 0.790. The quantitative estimate of drug-likeness (QED) is 0.331. The molecule has 0 unspecified atom stereocenters. The van der Waals surface area contributed by atoms with E-state index >= 15 is 0 Å². The lowest BCUT2D eigenvalue weighted by Crippen LogP contribution is -2.45. The van der Waals surface area contributed by atoms with Crippen molar-refractivity contribution < 1.29 is 8.42 Å². The minimum atomic E-state index is -3.79.